The molecule has 0 amide bonds. The van der Waals surface area contributed by atoms with Crippen molar-refractivity contribution in [2.45, 2.75) is 0 Å². The third-order valence-electron chi connectivity index (χ3n) is 0. The molecule has 0 radical (unpaired) electrons. The molecule has 0 aliphatic carbocycles. The van der Waals surface area contributed by atoms with Gasteiger partial charge in [-0.3, -0.25) is 0 Å². The largest absolute Gasteiger partial charge is 0 e. The van der Waals surface area contributed by atoms with E-state index in [4.69, 9.17) is 31.6 Å². The van der Waals surface area contributed by atoms with Crippen LogP contribution >= 0.6 is 0 Å². The molecule has 0 saturated carbocycles. The molecule has 0 heterocycles. The molecular formula is C6H7FeN6NaNi. The number of nitriles is 6. The number of hydrogen-bond acceptors (Lipinski definition) is 6. The zero-order valence-electron chi connectivity index (χ0n) is 6.82. The van der Waals surface area contributed by atoms with Crippen LogP contribution in [0.25, 0.3) is 0 Å². The van der Waals surface area contributed by atoms with Gasteiger partial charge in [-0.25, -0.2) is 31.6 Å². The van der Waals surface area contributed by atoms with Crippen LogP contribution < -0.4 is 0 Å². The zero-order chi connectivity index (χ0) is 12.0. The molecule has 6 nitrogen and oxygen atoms in total. The molecule has 0 spiro atoms. The molecule has 9 heteroatoms. The molecule has 0 unspecified atom stereocenters. The molecule has 0 aromatic carbocycles. The molecule has 0 atom stereocenters. The quantitative estimate of drug-likeness (QED) is 0.584. The summed E-state index contributed by atoms with van der Waals surface area (Å²) >= 11 is 0. The Hall–Kier alpha value is -1.05. The van der Waals surface area contributed by atoms with E-state index in [0.29, 0.717) is 0 Å². The summed E-state index contributed by atoms with van der Waals surface area (Å²) in [7, 11) is 0. The maximum absolute atomic E-state index is 6.50. The Morgan fingerprint density at radius 2 is 0.400 bits per heavy atom. The molecule has 0 aliphatic heterocycles. The van der Waals surface area contributed by atoms with E-state index in [1.54, 1.807) is 0 Å². The predicted molar refractivity (Wildman–Crippen MR) is 47.2 cm³/mol. The normalized spacial score (nSPS) is 0.800. The van der Waals surface area contributed by atoms with Crippen molar-refractivity contribution in [2.75, 3.05) is 0 Å². The Bertz CT molecular complexity index is 103. The summed E-state index contributed by atoms with van der Waals surface area (Å²) in [5.41, 5.74) is 0. The van der Waals surface area contributed by atoms with Gasteiger partial charge >= 0.3 is 29.6 Å². The van der Waals surface area contributed by atoms with Gasteiger partial charge < -0.3 is 0 Å². The molecule has 0 fully saturated rings. The second-order valence-corrected chi connectivity index (χ2v) is 0. The van der Waals surface area contributed by atoms with Crippen LogP contribution in [0.15, 0.2) is 0 Å². The average Bonchev–Trinajstić information content (AvgIpc) is 2.33. The first-order valence-electron chi connectivity index (χ1n) is 1.55. The van der Waals surface area contributed by atoms with E-state index in [1.165, 1.54) is 0 Å². The van der Waals surface area contributed by atoms with Gasteiger partial charge in [0, 0.05) is 73.0 Å². The minimum atomic E-state index is 0. The van der Waals surface area contributed by atoms with Crippen LogP contribution in [-0.2, 0) is 33.6 Å². The van der Waals surface area contributed by atoms with E-state index in [-0.39, 0.29) is 63.1 Å². The minimum Gasteiger partial charge on any atom is 0 e. The Balaban J connectivity index is -0.00000000396. The Morgan fingerprint density at radius 1 is 0.400 bits per heavy atom. The molecule has 15 heavy (non-hydrogen) atoms. The van der Waals surface area contributed by atoms with E-state index in [2.05, 4.69) is 39.4 Å². The Morgan fingerprint density at radius 3 is 0.400 bits per heavy atom. The zero-order valence-corrected chi connectivity index (χ0v) is 8.91. The van der Waals surface area contributed by atoms with Gasteiger partial charge in [0.05, 0.1) is 0 Å². The van der Waals surface area contributed by atoms with E-state index in [1.807, 2.05) is 0 Å². The Kier molecular flexibility index (Phi) is 10700. The topological polar surface area (TPSA) is 143 Å². The molecule has 0 aliphatic rings. The molecular weight excluding hydrogens is 294 g/mol. The smallest absolute Gasteiger partial charge is 0 e. The van der Waals surface area contributed by atoms with Crippen molar-refractivity contribution in [1.29, 1.82) is 31.6 Å². The van der Waals surface area contributed by atoms with Crippen LogP contribution in [0.1, 0.15) is 0 Å². The maximum Gasteiger partial charge on any atom is 0 e. The summed E-state index contributed by atoms with van der Waals surface area (Å²) < 4.78 is 0. The van der Waals surface area contributed by atoms with Crippen molar-refractivity contribution in [1.82, 2.24) is 0 Å². The summed E-state index contributed by atoms with van der Waals surface area (Å²) in [5, 5.41) is 39.0. The van der Waals surface area contributed by atoms with Gasteiger partial charge in [-0.2, -0.15) is 0 Å². The maximum atomic E-state index is 6.50. The van der Waals surface area contributed by atoms with Crippen molar-refractivity contribution in [3.05, 3.63) is 0 Å². The summed E-state index contributed by atoms with van der Waals surface area (Å²) in [6, 6.07) is 0. The van der Waals surface area contributed by atoms with Crippen LogP contribution in [0.4, 0.5) is 0 Å². The summed E-state index contributed by atoms with van der Waals surface area (Å²) in [4.78, 5) is 0. The monoisotopic (exact) mass is 300 g/mol. The summed E-state index contributed by atoms with van der Waals surface area (Å²) in [6.07, 6.45) is 0. The van der Waals surface area contributed by atoms with Crippen LogP contribution in [-0.4, -0.2) is 29.6 Å². The van der Waals surface area contributed by atoms with Gasteiger partial charge in [0.25, 0.3) is 0 Å². The van der Waals surface area contributed by atoms with Gasteiger partial charge in [0.15, 0.2) is 0 Å². The van der Waals surface area contributed by atoms with Gasteiger partial charge in [0.1, 0.15) is 0 Å². The predicted octanol–water partition coefficient (Wildman–Crippen LogP) is 0.185. The molecule has 0 aromatic rings. The molecule has 80 valence electrons. The van der Waals surface area contributed by atoms with Gasteiger partial charge in [-0.05, 0) is 0 Å². The number of nitrogens with zero attached hydrogens (tertiary/aromatic N) is 6. The first-order valence-corrected chi connectivity index (χ1v) is 1.55. The molecule has 0 N–H and O–H groups in total. The number of rotatable bonds is 0. The van der Waals surface area contributed by atoms with Crippen molar-refractivity contribution < 1.29 is 33.6 Å². The SMILES string of the molecule is C#N.C#N.C#N.C#N.C#N.C#N.[Fe].[NaH].[Ni]. The fourth-order valence-corrected chi connectivity index (χ4v) is 0. The second kappa shape index (κ2) is 1690. The van der Waals surface area contributed by atoms with Crippen molar-refractivity contribution in [3.63, 3.8) is 0 Å². The van der Waals surface area contributed by atoms with E-state index in [9.17, 15) is 0 Å². The standard InChI is InChI=1S/6CHN.Fe.Na.Ni.H/c6*1-2;;;;/h6*1H;;;;. The van der Waals surface area contributed by atoms with Gasteiger partial charge in [-0.1, -0.05) is 0 Å². The van der Waals surface area contributed by atoms with Crippen molar-refractivity contribution in [2.24, 2.45) is 0 Å². The minimum absolute atomic E-state index is 0. The van der Waals surface area contributed by atoms with Gasteiger partial charge in [0.2, 0.25) is 0 Å². The molecule has 0 aromatic heterocycles. The second-order valence-electron chi connectivity index (χ2n) is 0. The molecule has 0 saturated heterocycles. The first kappa shape index (κ1) is 95.4. The van der Waals surface area contributed by atoms with Gasteiger partial charge in [-0.15, -0.1) is 0 Å². The fraction of sp³-hybridized carbons (Fsp3) is 0. The summed E-state index contributed by atoms with van der Waals surface area (Å²) in [5.74, 6) is 0. The first-order chi connectivity index (χ1) is 6.00. The Labute approximate surface area is 133 Å². The van der Waals surface area contributed by atoms with E-state index in [0.717, 1.165) is 0 Å². The fourth-order valence-electron chi connectivity index (χ4n) is 0. The van der Waals surface area contributed by atoms with Crippen molar-refractivity contribution >= 4 is 29.6 Å². The summed E-state index contributed by atoms with van der Waals surface area (Å²) in [6.45, 7) is 21.0. The van der Waals surface area contributed by atoms with Crippen LogP contribution in [0.3, 0.4) is 0 Å². The third-order valence-corrected chi connectivity index (χ3v) is 0. The van der Waals surface area contributed by atoms with Crippen LogP contribution in [0, 0.1) is 71.0 Å². The van der Waals surface area contributed by atoms with Crippen LogP contribution in [0.5, 0.6) is 0 Å². The van der Waals surface area contributed by atoms with Crippen LogP contribution in [0.2, 0.25) is 0 Å². The van der Waals surface area contributed by atoms with Crippen molar-refractivity contribution in [3.8, 4) is 39.4 Å². The molecule has 0 bridgehead atoms. The third kappa shape index (κ3) is 1420. The van der Waals surface area contributed by atoms with E-state index < -0.39 is 0 Å². The number of hydrogen-bond donors (Lipinski definition) is 0. The average molecular weight is 301 g/mol. The van der Waals surface area contributed by atoms with E-state index >= 15 is 0 Å². The molecule has 0 rings (SSSR count).